The molecule has 302 valence electrons. The van der Waals surface area contributed by atoms with Crippen molar-refractivity contribution in [2.24, 2.45) is 0 Å². The lowest BCUT2D eigenvalue weighted by molar-refractivity contribution is -0.146. The van der Waals surface area contributed by atoms with E-state index in [2.05, 4.69) is 10.6 Å². The second-order valence-corrected chi connectivity index (χ2v) is 18.5. The smallest absolute Gasteiger partial charge is 0.309 e. The van der Waals surface area contributed by atoms with Crippen LogP contribution in [0.25, 0.3) is 0 Å². The van der Waals surface area contributed by atoms with Crippen LogP contribution < -0.4 is 10.6 Å². The summed E-state index contributed by atoms with van der Waals surface area (Å²) in [6.07, 6.45) is 1.64. The Bertz CT molecular complexity index is 1440. The van der Waals surface area contributed by atoms with Crippen LogP contribution in [0.2, 0.25) is 0 Å². The molecule has 0 saturated heterocycles. The first-order valence-corrected chi connectivity index (χ1v) is 19.3. The van der Waals surface area contributed by atoms with Gasteiger partial charge in [-0.15, -0.1) is 0 Å². The number of esters is 2. The van der Waals surface area contributed by atoms with Gasteiger partial charge in [0, 0.05) is 0 Å². The fraction of sp³-hybridized carbons (Fsp3) is 0.636. The molecule has 0 bridgehead atoms. The number of phenols is 2. The Balaban J connectivity index is 1.86. The zero-order valence-corrected chi connectivity index (χ0v) is 35.5. The molecule has 54 heavy (non-hydrogen) atoms. The number of rotatable bonds is 14. The van der Waals surface area contributed by atoms with Crippen molar-refractivity contribution in [3.05, 3.63) is 57.6 Å². The van der Waals surface area contributed by atoms with E-state index in [4.69, 9.17) is 9.47 Å². The maximum absolute atomic E-state index is 12.8. The Hall–Kier alpha value is -4.08. The first-order valence-electron chi connectivity index (χ1n) is 19.3. The number of amides is 2. The molecule has 0 aliphatic carbocycles. The fourth-order valence-electron chi connectivity index (χ4n) is 6.41. The van der Waals surface area contributed by atoms with Gasteiger partial charge in [0.15, 0.2) is 0 Å². The number of aromatic hydroxyl groups is 2. The van der Waals surface area contributed by atoms with Crippen LogP contribution >= 0.6 is 0 Å². The van der Waals surface area contributed by atoms with Gasteiger partial charge in [-0.3, -0.25) is 19.2 Å². The minimum Gasteiger partial charge on any atom is -0.507 e. The highest BCUT2D eigenvalue weighted by molar-refractivity contribution is 6.35. The van der Waals surface area contributed by atoms with E-state index in [0.717, 1.165) is 33.4 Å². The maximum atomic E-state index is 12.8. The van der Waals surface area contributed by atoms with E-state index in [1.165, 1.54) is 0 Å². The van der Waals surface area contributed by atoms with Gasteiger partial charge in [-0.05, 0) is 79.7 Å². The Labute approximate surface area is 324 Å². The predicted octanol–water partition coefficient (Wildman–Crippen LogP) is 8.07. The third kappa shape index (κ3) is 13.0. The third-order valence-electron chi connectivity index (χ3n) is 9.76. The number of hydrogen-bond acceptors (Lipinski definition) is 8. The maximum Gasteiger partial charge on any atom is 0.309 e. The lowest BCUT2D eigenvalue weighted by Crippen LogP contribution is -2.42. The van der Waals surface area contributed by atoms with Crippen molar-refractivity contribution in [1.29, 1.82) is 0 Å². The van der Waals surface area contributed by atoms with Crippen LogP contribution in [0.5, 0.6) is 11.5 Å². The zero-order chi connectivity index (χ0) is 41.4. The second kappa shape index (κ2) is 18.5. The van der Waals surface area contributed by atoms with Crippen molar-refractivity contribution in [2.75, 3.05) is 26.3 Å². The summed E-state index contributed by atoms with van der Waals surface area (Å²) in [5.41, 5.74) is 4.06. The number of nitrogens with one attached hydrogen (secondary N) is 2. The van der Waals surface area contributed by atoms with Crippen LogP contribution in [0.1, 0.15) is 168 Å². The molecule has 4 N–H and O–H groups in total. The van der Waals surface area contributed by atoms with E-state index < -0.39 is 23.8 Å². The third-order valence-corrected chi connectivity index (χ3v) is 9.76. The molecule has 10 heteroatoms. The number of carbonyl (C=O) groups is 4. The Morgan fingerprint density at radius 1 is 0.537 bits per heavy atom. The standard InChI is InChI=1S/C44H68N2O8/c1-15-27(29-21-31(41(3,4)5)37(49)32(22-29)42(6,7)8)25-35(47)53-19-17-45-39(51)40(52)46-18-20-54-36(48)26-28(16-2)30-23-33(43(9,10)11)38(50)34(24-30)44(12,13)14/h21-24,27-28,49-50H,15-20,25-26H2,1-14H3,(H,45,51)(H,46,52). The minimum atomic E-state index is -0.889. The first kappa shape index (κ1) is 46.1. The van der Waals surface area contributed by atoms with Gasteiger partial charge < -0.3 is 30.3 Å². The van der Waals surface area contributed by atoms with Crippen molar-refractivity contribution < 1.29 is 38.9 Å². The molecule has 0 spiro atoms. The van der Waals surface area contributed by atoms with Crippen molar-refractivity contribution in [2.45, 2.75) is 156 Å². The van der Waals surface area contributed by atoms with Gasteiger partial charge in [0.25, 0.3) is 0 Å². The van der Waals surface area contributed by atoms with E-state index in [0.29, 0.717) is 12.8 Å². The second-order valence-electron chi connectivity index (χ2n) is 18.5. The average molecular weight is 753 g/mol. The molecule has 0 fully saturated rings. The summed E-state index contributed by atoms with van der Waals surface area (Å²) in [5.74, 6) is -2.31. The van der Waals surface area contributed by atoms with Crippen molar-refractivity contribution in [3.8, 4) is 11.5 Å². The van der Waals surface area contributed by atoms with Crippen LogP contribution in [0.15, 0.2) is 24.3 Å². The van der Waals surface area contributed by atoms with Crippen molar-refractivity contribution in [3.63, 3.8) is 0 Å². The van der Waals surface area contributed by atoms with E-state index in [1.54, 1.807) is 0 Å². The van der Waals surface area contributed by atoms with Gasteiger partial charge in [-0.1, -0.05) is 121 Å². The average Bonchev–Trinajstić information content (AvgIpc) is 3.04. The Morgan fingerprint density at radius 2 is 0.796 bits per heavy atom. The van der Waals surface area contributed by atoms with Crippen molar-refractivity contribution in [1.82, 2.24) is 10.6 Å². The van der Waals surface area contributed by atoms with Gasteiger partial charge in [-0.25, -0.2) is 0 Å². The van der Waals surface area contributed by atoms with E-state index in [-0.39, 0.29) is 84.1 Å². The van der Waals surface area contributed by atoms with Crippen molar-refractivity contribution >= 4 is 23.8 Å². The molecule has 2 amide bonds. The number of benzene rings is 2. The monoisotopic (exact) mass is 752 g/mol. The van der Waals surface area contributed by atoms with E-state index in [1.807, 2.05) is 121 Å². The SMILES string of the molecule is CCC(CC(=O)OCCNC(=O)C(=O)NCCOC(=O)CC(CC)c1cc(C(C)(C)C)c(O)c(C(C)(C)C)c1)c1cc(C(C)(C)C)c(O)c(C(C)(C)C)c1. The van der Waals surface area contributed by atoms with Gasteiger partial charge in [-0.2, -0.15) is 0 Å². The minimum absolute atomic E-state index is 0.0468. The van der Waals surface area contributed by atoms with Crippen LogP contribution in [0, 0.1) is 0 Å². The normalized spacial score (nSPS) is 13.5. The predicted molar refractivity (Wildman–Crippen MR) is 214 cm³/mol. The summed E-state index contributed by atoms with van der Waals surface area (Å²) in [6, 6.07) is 7.93. The highest BCUT2D eigenvalue weighted by Gasteiger charge is 2.30. The Morgan fingerprint density at radius 3 is 1.02 bits per heavy atom. The first-order chi connectivity index (χ1) is 24.7. The summed E-state index contributed by atoms with van der Waals surface area (Å²) in [6.45, 7) is 28.3. The molecule has 0 aromatic heterocycles. The quantitative estimate of drug-likeness (QED) is 0.0860. The van der Waals surface area contributed by atoms with E-state index >= 15 is 0 Å². The largest absolute Gasteiger partial charge is 0.507 e. The summed E-state index contributed by atoms with van der Waals surface area (Å²) in [7, 11) is 0. The number of hydrogen-bond donors (Lipinski definition) is 4. The lowest BCUT2D eigenvalue weighted by Gasteiger charge is -2.29. The zero-order valence-electron chi connectivity index (χ0n) is 35.5. The molecule has 2 aromatic rings. The van der Waals surface area contributed by atoms with Crippen LogP contribution in [-0.2, 0) is 50.3 Å². The van der Waals surface area contributed by atoms with E-state index in [9.17, 15) is 29.4 Å². The number of ether oxygens (including phenoxy) is 2. The Kier molecular flexibility index (Phi) is 15.8. The highest BCUT2D eigenvalue weighted by Crippen LogP contribution is 2.43. The van der Waals surface area contributed by atoms with Gasteiger partial charge in [0.2, 0.25) is 0 Å². The molecular weight excluding hydrogens is 684 g/mol. The topological polar surface area (TPSA) is 151 Å². The van der Waals surface area contributed by atoms with Gasteiger partial charge in [0.05, 0.1) is 25.9 Å². The molecule has 2 rings (SSSR count). The lowest BCUT2D eigenvalue weighted by atomic mass is 9.76. The van der Waals surface area contributed by atoms with Crippen LogP contribution in [0.3, 0.4) is 0 Å². The fourth-order valence-corrected chi connectivity index (χ4v) is 6.41. The summed E-state index contributed by atoms with van der Waals surface area (Å²) < 4.78 is 10.8. The molecule has 2 atom stereocenters. The van der Waals surface area contributed by atoms with Gasteiger partial charge in [0.1, 0.15) is 24.7 Å². The molecule has 0 aliphatic rings. The van der Waals surface area contributed by atoms with Crippen LogP contribution in [-0.4, -0.2) is 60.3 Å². The molecular formula is C44H68N2O8. The summed E-state index contributed by atoms with van der Waals surface area (Å²) in [5, 5.41) is 27.1. The summed E-state index contributed by atoms with van der Waals surface area (Å²) in [4.78, 5) is 50.3. The van der Waals surface area contributed by atoms with Gasteiger partial charge >= 0.3 is 23.8 Å². The summed E-state index contributed by atoms with van der Waals surface area (Å²) >= 11 is 0. The highest BCUT2D eigenvalue weighted by atomic mass is 16.5. The molecule has 2 unspecified atom stereocenters. The molecule has 0 heterocycles. The molecule has 10 nitrogen and oxygen atoms in total. The number of phenolic OH excluding ortho intramolecular Hbond substituents is 2. The molecule has 0 aliphatic heterocycles. The molecule has 2 aromatic carbocycles. The number of carbonyl (C=O) groups excluding carboxylic acids is 4. The van der Waals surface area contributed by atoms with Crippen LogP contribution in [0.4, 0.5) is 0 Å². The molecule has 0 radical (unpaired) electrons. The molecule has 0 saturated carbocycles.